The standard InChI is InChI=1S/C16H24N2O2/c1-19-15-11-13(12-18-7-5-17-6-8-18)10-14-4-2-3-9-20-16(14)15/h10-11,17H,2-9,12H2,1H3. The van der Waals surface area contributed by atoms with Gasteiger partial charge in [0.2, 0.25) is 0 Å². The van der Waals surface area contributed by atoms with Crippen molar-refractivity contribution in [2.45, 2.75) is 25.8 Å². The Morgan fingerprint density at radius 2 is 2.10 bits per heavy atom. The number of ether oxygens (including phenoxy) is 2. The van der Waals surface area contributed by atoms with Gasteiger partial charge in [-0.05, 0) is 36.5 Å². The van der Waals surface area contributed by atoms with Gasteiger partial charge in [-0.2, -0.15) is 0 Å². The maximum atomic E-state index is 5.87. The van der Waals surface area contributed by atoms with Gasteiger partial charge < -0.3 is 14.8 Å². The largest absolute Gasteiger partial charge is 0.493 e. The van der Waals surface area contributed by atoms with Crippen LogP contribution in [0.2, 0.25) is 0 Å². The molecule has 0 amide bonds. The van der Waals surface area contributed by atoms with Crippen molar-refractivity contribution in [3.63, 3.8) is 0 Å². The van der Waals surface area contributed by atoms with E-state index in [-0.39, 0.29) is 0 Å². The lowest BCUT2D eigenvalue weighted by molar-refractivity contribution is 0.232. The van der Waals surface area contributed by atoms with Crippen molar-refractivity contribution in [1.29, 1.82) is 0 Å². The van der Waals surface area contributed by atoms with Crippen LogP contribution in [0.5, 0.6) is 11.5 Å². The summed E-state index contributed by atoms with van der Waals surface area (Å²) in [5.41, 5.74) is 2.65. The van der Waals surface area contributed by atoms with Gasteiger partial charge in [-0.25, -0.2) is 0 Å². The monoisotopic (exact) mass is 276 g/mol. The van der Waals surface area contributed by atoms with Crippen molar-refractivity contribution in [3.05, 3.63) is 23.3 Å². The summed E-state index contributed by atoms with van der Waals surface area (Å²) in [6.07, 6.45) is 3.43. The van der Waals surface area contributed by atoms with Crippen LogP contribution in [0, 0.1) is 0 Å². The number of hydrogen-bond donors (Lipinski definition) is 1. The molecule has 110 valence electrons. The highest BCUT2D eigenvalue weighted by molar-refractivity contribution is 5.50. The van der Waals surface area contributed by atoms with E-state index < -0.39 is 0 Å². The second-order valence-corrected chi connectivity index (χ2v) is 5.62. The highest BCUT2D eigenvalue weighted by Gasteiger charge is 2.17. The van der Waals surface area contributed by atoms with Gasteiger partial charge in [0.1, 0.15) is 0 Å². The van der Waals surface area contributed by atoms with E-state index in [2.05, 4.69) is 22.3 Å². The van der Waals surface area contributed by atoms with Gasteiger partial charge in [0.25, 0.3) is 0 Å². The molecule has 4 heteroatoms. The molecule has 3 rings (SSSR count). The van der Waals surface area contributed by atoms with Crippen LogP contribution in [0.1, 0.15) is 24.0 Å². The highest BCUT2D eigenvalue weighted by atomic mass is 16.5. The number of hydrogen-bond acceptors (Lipinski definition) is 4. The zero-order valence-electron chi connectivity index (χ0n) is 12.3. The molecule has 1 aromatic rings. The minimum absolute atomic E-state index is 0.806. The van der Waals surface area contributed by atoms with Gasteiger partial charge >= 0.3 is 0 Å². The summed E-state index contributed by atoms with van der Waals surface area (Å²) in [5.74, 6) is 1.86. The molecule has 4 nitrogen and oxygen atoms in total. The second-order valence-electron chi connectivity index (χ2n) is 5.62. The normalized spacial score (nSPS) is 19.9. The number of fused-ring (bicyclic) bond motifs is 1. The Morgan fingerprint density at radius 1 is 1.25 bits per heavy atom. The molecule has 0 aliphatic carbocycles. The summed E-state index contributed by atoms with van der Waals surface area (Å²) in [4.78, 5) is 2.50. The van der Waals surface area contributed by atoms with Gasteiger partial charge in [-0.1, -0.05) is 6.07 Å². The van der Waals surface area contributed by atoms with Crippen LogP contribution in [0.25, 0.3) is 0 Å². The first-order valence-corrected chi connectivity index (χ1v) is 7.62. The third kappa shape index (κ3) is 3.07. The zero-order chi connectivity index (χ0) is 13.8. The molecular formula is C16H24N2O2. The predicted octanol–water partition coefficient (Wildman–Crippen LogP) is 1.82. The molecule has 0 atom stereocenters. The molecule has 1 N–H and O–H groups in total. The zero-order valence-corrected chi connectivity index (χ0v) is 12.3. The molecule has 0 bridgehead atoms. The Morgan fingerprint density at radius 3 is 2.90 bits per heavy atom. The van der Waals surface area contributed by atoms with Crippen molar-refractivity contribution < 1.29 is 9.47 Å². The third-order valence-corrected chi connectivity index (χ3v) is 4.11. The molecule has 0 saturated carbocycles. The van der Waals surface area contributed by atoms with E-state index >= 15 is 0 Å². The maximum absolute atomic E-state index is 5.87. The highest BCUT2D eigenvalue weighted by Crippen LogP contribution is 2.36. The van der Waals surface area contributed by atoms with Crippen LogP contribution in [0.3, 0.4) is 0 Å². The van der Waals surface area contributed by atoms with Gasteiger partial charge in [0, 0.05) is 32.7 Å². The number of piperazine rings is 1. The van der Waals surface area contributed by atoms with Crippen LogP contribution in [-0.2, 0) is 13.0 Å². The van der Waals surface area contributed by atoms with E-state index in [1.54, 1.807) is 7.11 Å². The van der Waals surface area contributed by atoms with E-state index in [4.69, 9.17) is 9.47 Å². The quantitative estimate of drug-likeness (QED) is 0.913. The molecule has 0 radical (unpaired) electrons. The van der Waals surface area contributed by atoms with Crippen LogP contribution < -0.4 is 14.8 Å². The molecule has 1 aromatic carbocycles. The number of rotatable bonds is 3. The molecule has 2 heterocycles. The molecule has 20 heavy (non-hydrogen) atoms. The minimum Gasteiger partial charge on any atom is -0.493 e. The lowest BCUT2D eigenvalue weighted by atomic mass is 10.0. The molecule has 1 fully saturated rings. The number of nitrogens with one attached hydrogen (secondary N) is 1. The van der Waals surface area contributed by atoms with E-state index in [1.807, 2.05) is 0 Å². The maximum Gasteiger partial charge on any atom is 0.164 e. The number of aryl methyl sites for hydroxylation is 1. The second kappa shape index (κ2) is 6.46. The molecule has 2 aliphatic heterocycles. The summed E-state index contributed by atoms with van der Waals surface area (Å²) in [7, 11) is 1.73. The number of nitrogens with zero attached hydrogens (tertiary/aromatic N) is 1. The fourth-order valence-electron chi connectivity index (χ4n) is 3.03. The summed E-state index contributed by atoms with van der Waals surface area (Å²) in [5, 5.41) is 3.39. The Kier molecular flexibility index (Phi) is 4.43. The predicted molar refractivity (Wildman–Crippen MR) is 79.6 cm³/mol. The average molecular weight is 276 g/mol. The summed E-state index contributed by atoms with van der Waals surface area (Å²) in [6.45, 7) is 6.23. The van der Waals surface area contributed by atoms with Gasteiger partial charge in [0.15, 0.2) is 11.5 Å². The van der Waals surface area contributed by atoms with Crippen molar-refractivity contribution in [1.82, 2.24) is 10.2 Å². The molecule has 0 spiro atoms. The van der Waals surface area contributed by atoms with E-state index in [9.17, 15) is 0 Å². The molecule has 0 aromatic heterocycles. The van der Waals surface area contributed by atoms with Crippen molar-refractivity contribution in [3.8, 4) is 11.5 Å². The smallest absolute Gasteiger partial charge is 0.164 e. The lowest BCUT2D eigenvalue weighted by Gasteiger charge is -2.27. The Bertz CT molecular complexity index is 456. The fourth-order valence-corrected chi connectivity index (χ4v) is 3.03. The van der Waals surface area contributed by atoms with E-state index in [0.717, 1.165) is 63.7 Å². The fraction of sp³-hybridized carbons (Fsp3) is 0.625. The van der Waals surface area contributed by atoms with Crippen LogP contribution in [-0.4, -0.2) is 44.8 Å². The molecule has 1 saturated heterocycles. The van der Waals surface area contributed by atoms with E-state index in [1.165, 1.54) is 17.5 Å². The Hall–Kier alpha value is -1.26. The Balaban J connectivity index is 1.82. The van der Waals surface area contributed by atoms with E-state index in [0.29, 0.717) is 0 Å². The number of methoxy groups -OCH3 is 1. The van der Waals surface area contributed by atoms with Crippen molar-refractivity contribution in [2.24, 2.45) is 0 Å². The van der Waals surface area contributed by atoms with Gasteiger partial charge in [0.05, 0.1) is 13.7 Å². The van der Waals surface area contributed by atoms with Gasteiger partial charge in [-0.15, -0.1) is 0 Å². The minimum atomic E-state index is 0.806. The van der Waals surface area contributed by atoms with Crippen LogP contribution in [0.15, 0.2) is 12.1 Å². The summed E-state index contributed by atoms with van der Waals surface area (Å²) in [6, 6.07) is 4.46. The SMILES string of the molecule is COc1cc(CN2CCNCC2)cc2c1OCCCC2. The topological polar surface area (TPSA) is 33.7 Å². The molecule has 0 unspecified atom stereocenters. The lowest BCUT2D eigenvalue weighted by Crippen LogP contribution is -2.42. The molecular weight excluding hydrogens is 252 g/mol. The van der Waals surface area contributed by atoms with Crippen LogP contribution >= 0.6 is 0 Å². The average Bonchev–Trinajstić information content (AvgIpc) is 2.73. The first kappa shape index (κ1) is 13.7. The third-order valence-electron chi connectivity index (χ3n) is 4.11. The summed E-state index contributed by atoms with van der Waals surface area (Å²) < 4.78 is 11.4. The first-order chi connectivity index (χ1) is 9.86. The van der Waals surface area contributed by atoms with Crippen LogP contribution in [0.4, 0.5) is 0 Å². The Labute approximate surface area is 121 Å². The summed E-state index contributed by atoms with van der Waals surface area (Å²) >= 11 is 0. The first-order valence-electron chi connectivity index (χ1n) is 7.62. The molecule has 2 aliphatic rings. The number of benzene rings is 1. The van der Waals surface area contributed by atoms with Crippen molar-refractivity contribution in [2.75, 3.05) is 39.9 Å². The van der Waals surface area contributed by atoms with Crippen molar-refractivity contribution >= 4 is 0 Å². The van der Waals surface area contributed by atoms with Gasteiger partial charge in [-0.3, -0.25) is 4.90 Å².